The van der Waals surface area contributed by atoms with E-state index in [1.165, 1.54) is 36.4 Å². The maximum atomic E-state index is 14.0. The molecule has 31 heavy (non-hydrogen) atoms. The third-order valence-electron chi connectivity index (χ3n) is 4.67. The lowest BCUT2D eigenvalue weighted by Crippen LogP contribution is -2.47. The molecule has 0 heterocycles. The first-order chi connectivity index (χ1) is 14.5. The molecule has 1 fully saturated rings. The smallest absolute Gasteiger partial charge is 0.244 e. The number of sulfonamides is 2. The fourth-order valence-corrected chi connectivity index (χ4v) is 5.61. The van der Waals surface area contributed by atoms with E-state index < -0.39 is 48.6 Å². The predicted molar refractivity (Wildman–Crippen MR) is 114 cm³/mol. The Morgan fingerprint density at radius 1 is 1.00 bits per heavy atom. The Morgan fingerprint density at radius 2 is 1.68 bits per heavy atom. The van der Waals surface area contributed by atoms with Crippen LogP contribution < -0.4 is 14.8 Å². The van der Waals surface area contributed by atoms with Gasteiger partial charge in [0.05, 0.1) is 4.90 Å². The summed E-state index contributed by atoms with van der Waals surface area (Å²) in [5.74, 6) is -2.09. The Kier molecular flexibility index (Phi) is 6.79. The lowest BCUT2D eigenvalue weighted by atomic mass is 10.0. The van der Waals surface area contributed by atoms with Gasteiger partial charge in [-0.3, -0.25) is 4.79 Å². The van der Waals surface area contributed by atoms with E-state index in [9.17, 15) is 26.0 Å². The maximum Gasteiger partial charge on any atom is 0.244 e. The number of nitrogens with one attached hydrogen (secondary N) is 3. The van der Waals surface area contributed by atoms with E-state index in [1.54, 1.807) is 13.8 Å². The molecule has 1 atom stereocenters. The summed E-state index contributed by atoms with van der Waals surface area (Å²) < 4.78 is 68.7. The van der Waals surface area contributed by atoms with Gasteiger partial charge in [0.1, 0.15) is 16.8 Å². The molecule has 8 nitrogen and oxygen atoms in total. The third-order valence-corrected chi connectivity index (χ3v) is 7.66. The molecule has 1 saturated carbocycles. The summed E-state index contributed by atoms with van der Waals surface area (Å²) in [5.41, 5.74) is 0.194. The molecular formula is C20H24FN3O5S2. The molecule has 3 N–H and O–H groups in total. The predicted octanol–water partition coefficient (Wildman–Crippen LogP) is 2.21. The van der Waals surface area contributed by atoms with Crippen molar-refractivity contribution in [3.05, 3.63) is 54.3 Å². The average molecular weight is 470 g/mol. The van der Waals surface area contributed by atoms with Crippen molar-refractivity contribution >= 4 is 31.6 Å². The quantitative estimate of drug-likeness (QED) is 0.520. The van der Waals surface area contributed by atoms with Crippen molar-refractivity contribution in [1.82, 2.24) is 9.44 Å². The lowest BCUT2D eigenvalue weighted by Gasteiger charge is -2.22. The van der Waals surface area contributed by atoms with Crippen molar-refractivity contribution in [1.29, 1.82) is 0 Å². The Hall–Kier alpha value is -2.34. The molecule has 2 aromatic carbocycles. The molecule has 2 aromatic rings. The molecule has 0 spiro atoms. The fourth-order valence-electron chi connectivity index (χ4n) is 2.84. The Balaban J connectivity index is 1.78. The number of benzene rings is 2. The molecule has 0 radical (unpaired) electrons. The van der Waals surface area contributed by atoms with Crippen LogP contribution >= 0.6 is 0 Å². The minimum atomic E-state index is -4.30. The van der Waals surface area contributed by atoms with Crippen LogP contribution in [0.1, 0.15) is 26.7 Å². The molecule has 11 heteroatoms. The molecule has 1 aliphatic rings. The zero-order valence-corrected chi connectivity index (χ0v) is 18.6. The highest BCUT2D eigenvalue weighted by atomic mass is 32.2. The first-order valence-corrected chi connectivity index (χ1v) is 12.7. The second kappa shape index (κ2) is 9.03. The summed E-state index contributed by atoms with van der Waals surface area (Å²) in [7, 11) is -8.02. The van der Waals surface area contributed by atoms with E-state index in [0.29, 0.717) is 0 Å². The summed E-state index contributed by atoms with van der Waals surface area (Å²) in [4.78, 5) is 12.2. The van der Waals surface area contributed by atoms with Gasteiger partial charge >= 0.3 is 0 Å². The van der Waals surface area contributed by atoms with E-state index in [-0.39, 0.29) is 16.6 Å². The van der Waals surface area contributed by atoms with Crippen LogP contribution in [0.25, 0.3) is 0 Å². The number of carbonyl (C=O) groups is 1. The third kappa shape index (κ3) is 5.88. The second-order valence-corrected chi connectivity index (χ2v) is 11.1. The van der Waals surface area contributed by atoms with Crippen LogP contribution in [0.3, 0.4) is 0 Å². The molecule has 0 saturated heterocycles. The normalized spacial score (nSPS) is 15.6. The van der Waals surface area contributed by atoms with Gasteiger partial charge in [0.2, 0.25) is 26.0 Å². The van der Waals surface area contributed by atoms with Crippen molar-refractivity contribution in [2.75, 3.05) is 5.32 Å². The van der Waals surface area contributed by atoms with Crippen molar-refractivity contribution in [3.63, 3.8) is 0 Å². The Bertz CT molecular complexity index is 1180. The zero-order chi connectivity index (χ0) is 22.8. The summed E-state index contributed by atoms with van der Waals surface area (Å²) in [6.45, 7) is 3.27. The number of anilines is 1. The highest BCUT2D eigenvalue weighted by Crippen LogP contribution is 2.23. The second-order valence-electron chi connectivity index (χ2n) is 7.69. The molecule has 1 aliphatic carbocycles. The fraction of sp³-hybridized carbons (Fsp3) is 0.350. The number of amides is 1. The van der Waals surface area contributed by atoms with Crippen LogP contribution in [0.4, 0.5) is 10.1 Å². The number of hydrogen-bond donors (Lipinski definition) is 3. The number of hydrogen-bond acceptors (Lipinski definition) is 5. The first-order valence-electron chi connectivity index (χ1n) is 9.70. The number of carbonyl (C=O) groups excluding carboxylic acids is 1. The molecule has 0 aromatic heterocycles. The SMILES string of the molecule is CC(C)[C@H](NS(=O)(=O)c1ccccc1F)C(=O)Nc1cccc(S(=O)(=O)NC2CC2)c1. The van der Waals surface area contributed by atoms with Gasteiger partial charge < -0.3 is 5.32 Å². The van der Waals surface area contributed by atoms with Crippen molar-refractivity contribution < 1.29 is 26.0 Å². The summed E-state index contributed by atoms with van der Waals surface area (Å²) >= 11 is 0. The first kappa shape index (κ1) is 23.3. The van der Waals surface area contributed by atoms with Gasteiger partial charge in [-0.25, -0.2) is 25.9 Å². The van der Waals surface area contributed by atoms with Crippen molar-refractivity contribution in [2.24, 2.45) is 5.92 Å². The minimum Gasteiger partial charge on any atom is -0.325 e. The highest BCUT2D eigenvalue weighted by Gasteiger charge is 2.31. The molecular weight excluding hydrogens is 445 g/mol. The number of rotatable bonds is 9. The van der Waals surface area contributed by atoms with E-state index in [0.717, 1.165) is 25.0 Å². The van der Waals surface area contributed by atoms with E-state index >= 15 is 0 Å². The van der Waals surface area contributed by atoms with Crippen LogP contribution in [-0.4, -0.2) is 34.8 Å². The standard InChI is InChI=1S/C20H24FN3O5S2/c1-13(2)19(24-31(28,29)18-9-4-3-8-17(18)21)20(25)22-15-6-5-7-16(12-15)30(26,27)23-14-10-11-14/h3-9,12-14,19,23-24H,10-11H2,1-2H3,(H,22,25)/t19-/m0/s1. The van der Waals surface area contributed by atoms with Gasteiger partial charge in [-0.15, -0.1) is 0 Å². The largest absolute Gasteiger partial charge is 0.325 e. The molecule has 0 bridgehead atoms. The Morgan fingerprint density at radius 3 is 2.29 bits per heavy atom. The molecule has 168 valence electrons. The van der Waals surface area contributed by atoms with Gasteiger partial charge in [0, 0.05) is 11.7 Å². The summed E-state index contributed by atoms with van der Waals surface area (Å²) in [6.07, 6.45) is 1.57. The summed E-state index contributed by atoms with van der Waals surface area (Å²) in [6, 6.07) is 9.25. The molecule has 3 rings (SSSR count). The van der Waals surface area contributed by atoms with Crippen LogP contribution in [-0.2, 0) is 24.8 Å². The topological polar surface area (TPSA) is 121 Å². The van der Waals surface area contributed by atoms with E-state index in [4.69, 9.17) is 0 Å². The van der Waals surface area contributed by atoms with Crippen molar-refractivity contribution in [3.8, 4) is 0 Å². The zero-order valence-electron chi connectivity index (χ0n) is 17.0. The highest BCUT2D eigenvalue weighted by molar-refractivity contribution is 7.89. The van der Waals surface area contributed by atoms with Gasteiger partial charge in [-0.05, 0) is 49.1 Å². The van der Waals surface area contributed by atoms with E-state index in [1.807, 2.05) is 0 Å². The molecule has 0 unspecified atom stereocenters. The van der Waals surface area contributed by atoms with Crippen molar-refractivity contribution in [2.45, 2.75) is 48.6 Å². The van der Waals surface area contributed by atoms with Gasteiger partial charge in [0.25, 0.3) is 0 Å². The van der Waals surface area contributed by atoms with Crippen LogP contribution in [0.5, 0.6) is 0 Å². The maximum absolute atomic E-state index is 14.0. The lowest BCUT2D eigenvalue weighted by molar-refractivity contribution is -0.118. The van der Waals surface area contributed by atoms with Crippen LogP contribution in [0.15, 0.2) is 58.3 Å². The van der Waals surface area contributed by atoms with E-state index in [2.05, 4.69) is 14.8 Å². The van der Waals surface area contributed by atoms with Crippen LogP contribution in [0.2, 0.25) is 0 Å². The Labute approximate surface area is 181 Å². The van der Waals surface area contributed by atoms with Crippen LogP contribution in [0, 0.1) is 11.7 Å². The monoisotopic (exact) mass is 469 g/mol. The molecule has 0 aliphatic heterocycles. The number of halogens is 1. The molecule has 1 amide bonds. The van der Waals surface area contributed by atoms with Gasteiger partial charge in [0.15, 0.2) is 0 Å². The van der Waals surface area contributed by atoms with Gasteiger partial charge in [-0.1, -0.05) is 32.0 Å². The average Bonchev–Trinajstić information content (AvgIpc) is 3.49. The minimum absolute atomic E-state index is 0.00904. The summed E-state index contributed by atoms with van der Waals surface area (Å²) in [5, 5.41) is 2.54. The van der Waals surface area contributed by atoms with Gasteiger partial charge in [-0.2, -0.15) is 4.72 Å².